The smallest absolute Gasteiger partial charge is 0.00171 e. The molecule has 26 heavy (non-hydrogen) atoms. The molecule has 144 valence electrons. The van der Waals surface area contributed by atoms with Crippen LogP contribution in [0.1, 0.15) is 67.2 Å². The van der Waals surface area contributed by atoms with Gasteiger partial charge in [0.05, 0.1) is 0 Å². The molecule has 0 heteroatoms. The largest absolute Gasteiger partial charge is 0.102 e. The van der Waals surface area contributed by atoms with E-state index >= 15 is 0 Å². The number of hydrogen-bond acceptors (Lipinski definition) is 0. The zero-order chi connectivity index (χ0) is 19.2. The summed E-state index contributed by atoms with van der Waals surface area (Å²) >= 11 is 0. The summed E-state index contributed by atoms with van der Waals surface area (Å²) in [6, 6.07) is 0. The molecule has 0 bridgehead atoms. The molecule has 3 aliphatic carbocycles. The fourth-order valence-electron chi connectivity index (χ4n) is 6.79. The average Bonchev–Trinajstić information content (AvgIpc) is 2.63. The van der Waals surface area contributed by atoms with E-state index in [1.165, 1.54) is 25.7 Å². The van der Waals surface area contributed by atoms with Crippen LogP contribution in [-0.4, -0.2) is 0 Å². The summed E-state index contributed by atoms with van der Waals surface area (Å²) < 4.78 is 0. The van der Waals surface area contributed by atoms with Crippen LogP contribution in [0, 0.1) is 47.3 Å². The molecule has 0 spiro atoms. The van der Waals surface area contributed by atoms with E-state index in [1.807, 2.05) is 11.1 Å². The summed E-state index contributed by atoms with van der Waals surface area (Å²) in [5, 5.41) is 0. The summed E-state index contributed by atoms with van der Waals surface area (Å²) in [6.07, 6.45) is 9.78. The number of rotatable bonds is 4. The fraction of sp³-hybridized carbons (Fsp3) is 0.692. The molecule has 0 nitrogen and oxygen atoms in total. The number of allylic oxidation sites excluding steroid dienone is 6. The van der Waals surface area contributed by atoms with Gasteiger partial charge in [0, 0.05) is 0 Å². The van der Waals surface area contributed by atoms with E-state index in [0.29, 0.717) is 29.6 Å². The van der Waals surface area contributed by atoms with Crippen molar-refractivity contribution in [2.75, 3.05) is 0 Å². The van der Waals surface area contributed by atoms with Gasteiger partial charge < -0.3 is 0 Å². The highest BCUT2D eigenvalue weighted by Crippen LogP contribution is 2.58. The van der Waals surface area contributed by atoms with Crippen LogP contribution in [0.25, 0.3) is 0 Å². The molecule has 7 atom stereocenters. The molecule has 0 aromatic heterocycles. The first-order chi connectivity index (χ1) is 12.3. The summed E-state index contributed by atoms with van der Waals surface area (Å²) in [4.78, 5) is 0. The van der Waals surface area contributed by atoms with E-state index in [9.17, 15) is 0 Å². The predicted molar refractivity (Wildman–Crippen MR) is 115 cm³/mol. The highest BCUT2D eigenvalue weighted by atomic mass is 14.5. The maximum Gasteiger partial charge on any atom is -0.00171 e. The van der Waals surface area contributed by atoms with Crippen molar-refractivity contribution in [1.82, 2.24) is 0 Å². The number of fused-ring (bicyclic) bond motifs is 3. The van der Waals surface area contributed by atoms with E-state index in [0.717, 1.165) is 17.8 Å². The van der Waals surface area contributed by atoms with E-state index in [-0.39, 0.29) is 0 Å². The third-order valence-electron chi connectivity index (χ3n) is 8.06. The maximum atomic E-state index is 4.18. The zero-order valence-electron chi connectivity index (χ0n) is 18.0. The highest BCUT2D eigenvalue weighted by molar-refractivity contribution is 5.41. The minimum absolute atomic E-state index is 0.475. The second-order valence-electron chi connectivity index (χ2n) is 9.69. The van der Waals surface area contributed by atoms with Crippen molar-refractivity contribution in [3.8, 4) is 0 Å². The van der Waals surface area contributed by atoms with Crippen molar-refractivity contribution in [1.29, 1.82) is 0 Å². The molecule has 0 aromatic carbocycles. The van der Waals surface area contributed by atoms with Gasteiger partial charge in [-0.05, 0) is 73.0 Å². The standard InChI is InChI=1S/C26H40/c1-9-16(5)24-20(10-2)12-14-22-21-13-11-17(6)23(15(3)4)25(21)18(7)19(8)26(22)24/h9-10,15-22H,1-2,11-14H2,3-8H3. The van der Waals surface area contributed by atoms with Gasteiger partial charge in [-0.25, -0.2) is 0 Å². The molecule has 3 rings (SSSR count). The summed E-state index contributed by atoms with van der Waals surface area (Å²) in [5.41, 5.74) is 7.15. The summed E-state index contributed by atoms with van der Waals surface area (Å²) in [6.45, 7) is 23.0. The lowest BCUT2D eigenvalue weighted by atomic mass is 9.52. The van der Waals surface area contributed by atoms with Crippen LogP contribution in [-0.2, 0) is 0 Å². The first-order valence-electron chi connectivity index (χ1n) is 11.1. The minimum Gasteiger partial charge on any atom is -0.102 e. The normalized spacial score (nSPS) is 38.7. The van der Waals surface area contributed by atoms with Gasteiger partial charge in [0.25, 0.3) is 0 Å². The van der Waals surface area contributed by atoms with Gasteiger partial charge in [0.1, 0.15) is 0 Å². The van der Waals surface area contributed by atoms with Crippen molar-refractivity contribution in [3.05, 3.63) is 47.6 Å². The summed E-state index contributed by atoms with van der Waals surface area (Å²) in [5.74, 6) is 5.40. The van der Waals surface area contributed by atoms with Gasteiger partial charge >= 0.3 is 0 Å². The Morgan fingerprint density at radius 2 is 1.35 bits per heavy atom. The molecule has 1 saturated carbocycles. The molecule has 1 fully saturated rings. The highest BCUT2D eigenvalue weighted by Gasteiger charge is 2.47. The Morgan fingerprint density at radius 1 is 0.808 bits per heavy atom. The first kappa shape index (κ1) is 19.7. The molecule has 0 aliphatic heterocycles. The van der Waals surface area contributed by atoms with Gasteiger partial charge in [0.2, 0.25) is 0 Å². The van der Waals surface area contributed by atoms with Crippen LogP contribution < -0.4 is 0 Å². The fourth-order valence-corrected chi connectivity index (χ4v) is 6.79. The van der Waals surface area contributed by atoms with Crippen LogP contribution in [0.3, 0.4) is 0 Å². The quantitative estimate of drug-likeness (QED) is 0.457. The Hall–Kier alpha value is -1.04. The van der Waals surface area contributed by atoms with E-state index in [1.54, 1.807) is 11.1 Å². The van der Waals surface area contributed by atoms with Crippen molar-refractivity contribution < 1.29 is 0 Å². The van der Waals surface area contributed by atoms with Crippen molar-refractivity contribution in [3.63, 3.8) is 0 Å². The monoisotopic (exact) mass is 352 g/mol. The Labute approximate surface area is 162 Å². The first-order valence-corrected chi connectivity index (χ1v) is 11.1. The van der Waals surface area contributed by atoms with E-state index < -0.39 is 0 Å². The third kappa shape index (κ3) is 2.98. The molecule has 7 unspecified atom stereocenters. The van der Waals surface area contributed by atoms with E-state index in [4.69, 9.17) is 0 Å². The lowest BCUT2D eigenvalue weighted by Crippen LogP contribution is -2.42. The van der Waals surface area contributed by atoms with Crippen LogP contribution in [0.4, 0.5) is 0 Å². The second kappa shape index (κ2) is 7.53. The van der Waals surface area contributed by atoms with Gasteiger partial charge in [-0.2, -0.15) is 0 Å². The third-order valence-corrected chi connectivity index (χ3v) is 8.06. The molecule has 3 aliphatic rings. The van der Waals surface area contributed by atoms with Crippen LogP contribution in [0.2, 0.25) is 0 Å². The Bertz CT molecular complexity index is 628. The molecule has 0 heterocycles. The number of hydrogen-bond donors (Lipinski definition) is 0. The van der Waals surface area contributed by atoms with Crippen molar-refractivity contribution in [2.45, 2.75) is 67.2 Å². The molecular weight excluding hydrogens is 312 g/mol. The van der Waals surface area contributed by atoms with Crippen molar-refractivity contribution in [2.24, 2.45) is 47.3 Å². The van der Waals surface area contributed by atoms with Gasteiger partial charge in [-0.3, -0.25) is 0 Å². The lowest BCUT2D eigenvalue weighted by Gasteiger charge is -2.52. The van der Waals surface area contributed by atoms with E-state index in [2.05, 4.69) is 66.9 Å². The van der Waals surface area contributed by atoms with Gasteiger partial charge in [0.15, 0.2) is 0 Å². The molecule has 0 amide bonds. The van der Waals surface area contributed by atoms with Crippen LogP contribution in [0.5, 0.6) is 0 Å². The average molecular weight is 353 g/mol. The predicted octanol–water partition coefficient (Wildman–Crippen LogP) is 7.60. The van der Waals surface area contributed by atoms with Gasteiger partial charge in [-0.1, -0.05) is 76.0 Å². The lowest BCUT2D eigenvalue weighted by molar-refractivity contribution is 0.203. The molecule has 0 radical (unpaired) electrons. The zero-order valence-corrected chi connectivity index (χ0v) is 18.0. The molecule has 0 N–H and O–H groups in total. The Morgan fingerprint density at radius 3 is 1.85 bits per heavy atom. The summed E-state index contributed by atoms with van der Waals surface area (Å²) in [7, 11) is 0. The molecule has 0 saturated heterocycles. The molecular formula is C26H40. The van der Waals surface area contributed by atoms with Crippen molar-refractivity contribution >= 4 is 0 Å². The Kier molecular flexibility index (Phi) is 5.71. The Balaban J connectivity index is 2.19. The van der Waals surface area contributed by atoms with Gasteiger partial charge in [-0.15, -0.1) is 13.2 Å². The van der Waals surface area contributed by atoms with Crippen LogP contribution in [0.15, 0.2) is 47.6 Å². The van der Waals surface area contributed by atoms with Crippen LogP contribution >= 0.6 is 0 Å². The second-order valence-corrected chi connectivity index (χ2v) is 9.69. The maximum absolute atomic E-state index is 4.18. The minimum atomic E-state index is 0.475. The molecule has 0 aromatic rings. The topological polar surface area (TPSA) is 0 Å². The SMILES string of the molecule is C=CC(C)C1=C2C(C)C(C)C3=C(C(C)C)C(C)CCC3C2CCC1C=C.